The minimum absolute atomic E-state index is 0.0936. The van der Waals surface area contributed by atoms with E-state index in [1.165, 1.54) is 30.3 Å². The van der Waals surface area contributed by atoms with Crippen LogP contribution in [-0.4, -0.2) is 17.7 Å². The molecule has 0 bridgehead atoms. The van der Waals surface area contributed by atoms with Crippen molar-refractivity contribution in [2.45, 2.75) is 0 Å². The summed E-state index contributed by atoms with van der Waals surface area (Å²) in [7, 11) is 0. The number of hydrogen-bond acceptors (Lipinski definition) is 6. The third-order valence-electron chi connectivity index (χ3n) is 2.92. The molecule has 1 aromatic carbocycles. The number of fused-ring (bicyclic) bond motifs is 1. The number of hydrogen-bond donors (Lipinski definition) is 2. The van der Waals surface area contributed by atoms with E-state index in [0.29, 0.717) is 0 Å². The maximum absolute atomic E-state index is 12.0. The molecular formula is C13H7N3O5. The first-order chi connectivity index (χ1) is 10.1. The van der Waals surface area contributed by atoms with E-state index in [1.54, 1.807) is 0 Å². The highest BCUT2D eigenvalue weighted by atomic mass is 16.4. The van der Waals surface area contributed by atoms with Gasteiger partial charge in [-0.05, 0) is 18.2 Å². The number of benzene rings is 1. The zero-order chi connectivity index (χ0) is 15.0. The van der Waals surface area contributed by atoms with Crippen LogP contribution in [0.4, 0.5) is 11.6 Å². The number of furan rings is 1. The molecule has 2 aromatic rings. The van der Waals surface area contributed by atoms with Crippen molar-refractivity contribution in [3.63, 3.8) is 0 Å². The lowest BCUT2D eigenvalue weighted by molar-refractivity contribution is 0.0879. The summed E-state index contributed by atoms with van der Waals surface area (Å²) >= 11 is 0. The fourth-order valence-electron chi connectivity index (χ4n) is 2.01. The van der Waals surface area contributed by atoms with Crippen LogP contribution in [0.1, 0.15) is 31.3 Å². The van der Waals surface area contributed by atoms with Gasteiger partial charge in [0.2, 0.25) is 0 Å². The van der Waals surface area contributed by atoms with Gasteiger partial charge in [-0.25, -0.2) is 0 Å². The van der Waals surface area contributed by atoms with Gasteiger partial charge in [-0.15, -0.1) is 4.91 Å². The number of nitrogens with one attached hydrogen (secondary N) is 2. The number of anilines is 1. The molecule has 0 radical (unpaired) electrons. The zero-order valence-electron chi connectivity index (χ0n) is 10.4. The fraction of sp³-hybridized carbons (Fsp3) is 0. The summed E-state index contributed by atoms with van der Waals surface area (Å²) in [5.74, 6) is -2.12. The molecule has 8 nitrogen and oxygen atoms in total. The van der Waals surface area contributed by atoms with E-state index in [-0.39, 0.29) is 28.5 Å². The normalized spacial score (nSPS) is 12.8. The highest BCUT2D eigenvalue weighted by molar-refractivity contribution is 6.24. The standard InChI is InChI=1S/C13H7N3O5/c17-11-6-2-1-3-7(10(6)13(19)15-11)14-12(18)8-4-5-9(16-20)21-8/h1-5H,(H,14,18)(H,15,17,19). The van der Waals surface area contributed by atoms with Crippen molar-refractivity contribution < 1.29 is 18.8 Å². The van der Waals surface area contributed by atoms with Crippen molar-refractivity contribution in [3.05, 3.63) is 52.1 Å². The van der Waals surface area contributed by atoms with Gasteiger partial charge in [-0.3, -0.25) is 19.7 Å². The summed E-state index contributed by atoms with van der Waals surface area (Å²) in [4.78, 5) is 45.5. The van der Waals surface area contributed by atoms with Crippen LogP contribution < -0.4 is 10.6 Å². The van der Waals surface area contributed by atoms with E-state index >= 15 is 0 Å². The third-order valence-corrected chi connectivity index (χ3v) is 2.92. The molecule has 1 aliphatic heterocycles. The van der Waals surface area contributed by atoms with Crippen molar-refractivity contribution >= 4 is 29.3 Å². The van der Waals surface area contributed by atoms with Crippen LogP contribution in [0, 0.1) is 4.91 Å². The lowest BCUT2D eigenvalue weighted by atomic mass is 10.1. The van der Waals surface area contributed by atoms with E-state index < -0.39 is 17.7 Å². The number of amides is 3. The van der Waals surface area contributed by atoms with Gasteiger partial charge in [0, 0.05) is 11.2 Å². The molecule has 0 spiro atoms. The molecule has 1 aromatic heterocycles. The smallest absolute Gasteiger partial charge is 0.291 e. The van der Waals surface area contributed by atoms with Crippen molar-refractivity contribution in [1.82, 2.24) is 5.32 Å². The van der Waals surface area contributed by atoms with Gasteiger partial charge in [-0.2, -0.15) is 0 Å². The molecule has 0 atom stereocenters. The van der Waals surface area contributed by atoms with E-state index in [4.69, 9.17) is 4.42 Å². The summed E-state index contributed by atoms with van der Waals surface area (Å²) in [6, 6.07) is 7.02. The average molecular weight is 285 g/mol. The molecule has 0 aliphatic carbocycles. The molecule has 8 heteroatoms. The molecule has 104 valence electrons. The summed E-state index contributed by atoms with van der Waals surface area (Å²) in [6.45, 7) is 0. The molecule has 2 N–H and O–H groups in total. The molecule has 0 saturated heterocycles. The van der Waals surface area contributed by atoms with Gasteiger partial charge in [0.15, 0.2) is 5.76 Å². The number of carbonyl (C=O) groups excluding carboxylic acids is 3. The van der Waals surface area contributed by atoms with Crippen molar-refractivity contribution in [2.75, 3.05) is 5.32 Å². The van der Waals surface area contributed by atoms with Crippen LogP contribution in [0.2, 0.25) is 0 Å². The fourth-order valence-corrected chi connectivity index (χ4v) is 2.01. The van der Waals surface area contributed by atoms with Gasteiger partial charge in [0.1, 0.15) is 0 Å². The predicted octanol–water partition coefficient (Wildman–Crippen LogP) is 1.81. The quantitative estimate of drug-likeness (QED) is 0.658. The zero-order valence-corrected chi connectivity index (χ0v) is 10.4. The number of carbonyl (C=O) groups is 3. The Labute approximate surface area is 117 Å². The Morgan fingerprint density at radius 3 is 2.67 bits per heavy atom. The highest BCUT2D eigenvalue weighted by Crippen LogP contribution is 2.25. The van der Waals surface area contributed by atoms with Crippen LogP contribution in [0.15, 0.2) is 39.9 Å². The molecule has 3 amide bonds. The SMILES string of the molecule is O=Nc1ccc(C(=O)Nc2cccc3c2C(=O)NC3=O)o1. The molecule has 0 fully saturated rings. The minimum Gasteiger partial charge on any atom is -0.430 e. The van der Waals surface area contributed by atoms with Crippen LogP contribution in [0.3, 0.4) is 0 Å². The Kier molecular flexibility index (Phi) is 2.83. The largest absolute Gasteiger partial charge is 0.430 e. The van der Waals surface area contributed by atoms with Crippen LogP contribution >= 0.6 is 0 Å². The molecule has 0 saturated carbocycles. The summed E-state index contributed by atoms with van der Waals surface area (Å²) in [5, 5.41) is 7.15. The Hall–Kier alpha value is -3.29. The molecule has 3 rings (SSSR count). The Morgan fingerprint density at radius 2 is 1.95 bits per heavy atom. The first-order valence-corrected chi connectivity index (χ1v) is 5.83. The molecule has 1 aliphatic rings. The van der Waals surface area contributed by atoms with Crippen molar-refractivity contribution in [3.8, 4) is 0 Å². The lowest BCUT2D eigenvalue weighted by Crippen LogP contribution is -2.20. The van der Waals surface area contributed by atoms with Gasteiger partial charge >= 0.3 is 0 Å². The Morgan fingerprint density at radius 1 is 1.14 bits per heavy atom. The lowest BCUT2D eigenvalue weighted by Gasteiger charge is -2.06. The van der Waals surface area contributed by atoms with Gasteiger partial charge in [-0.1, -0.05) is 6.07 Å². The van der Waals surface area contributed by atoms with Crippen LogP contribution in [-0.2, 0) is 0 Å². The van der Waals surface area contributed by atoms with Gasteiger partial charge in [0.05, 0.1) is 16.8 Å². The molecular weight excluding hydrogens is 278 g/mol. The topological polar surface area (TPSA) is 118 Å². The van der Waals surface area contributed by atoms with Crippen molar-refractivity contribution in [1.29, 1.82) is 0 Å². The summed E-state index contributed by atoms with van der Waals surface area (Å²) in [5.41, 5.74) is 0.460. The van der Waals surface area contributed by atoms with Gasteiger partial charge < -0.3 is 9.73 Å². The Balaban J connectivity index is 1.93. The number of nitroso groups, excluding NO2 is 1. The number of rotatable bonds is 3. The number of imide groups is 1. The summed E-state index contributed by atoms with van der Waals surface area (Å²) < 4.78 is 4.88. The van der Waals surface area contributed by atoms with E-state index in [0.717, 1.165) is 0 Å². The van der Waals surface area contributed by atoms with E-state index in [9.17, 15) is 19.3 Å². The first kappa shape index (κ1) is 12.7. The second-order valence-corrected chi connectivity index (χ2v) is 4.19. The molecule has 2 heterocycles. The number of nitrogens with zero attached hydrogens (tertiary/aromatic N) is 1. The molecule has 21 heavy (non-hydrogen) atoms. The average Bonchev–Trinajstić information content (AvgIpc) is 3.05. The molecule has 0 unspecified atom stereocenters. The van der Waals surface area contributed by atoms with Crippen LogP contribution in [0.25, 0.3) is 0 Å². The van der Waals surface area contributed by atoms with Crippen LogP contribution in [0.5, 0.6) is 0 Å². The second-order valence-electron chi connectivity index (χ2n) is 4.19. The second kappa shape index (κ2) is 4.67. The van der Waals surface area contributed by atoms with Crippen molar-refractivity contribution in [2.24, 2.45) is 5.18 Å². The monoisotopic (exact) mass is 285 g/mol. The predicted molar refractivity (Wildman–Crippen MR) is 70.4 cm³/mol. The van der Waals surface area contributed by atoms with E-state index in [1.807, 2.05) is 0 Å². The van der Waals surface area contributed by atoms with E-state index in [2.05, 4.69) is 15.8 Å². The maximum Gasteiger partial charge on any atom is 0.291 e. The van der Waals surface area contributed by atoms with Gasteiger partial charge in [0.25, 0.3) is 23.6 Å². The Bertz CT molecular complexity index is 793. The highest BCUT2D eigenvalue weighted by Gasteiger charge is 2.30. The third kappa shape index (κ3) is 2.08. The minimum atomic E-state index is -0.662. The summed E-state index contributed by atoms with van der Waals surface area (Å²) in [6.07, 6.45) is 0. The maximum atomic E-state index is 12.0. The first-order valence-electron chi connectivity index (χ1n) is 5.83.